The van der Waals surface area contributed by atoms with Crippen LogP contribution in [0.5, 0.6) is 0 Å². The lowest BCUT2D eigenvalue weighted by Gasteiger charge is -2.36. The van der Waals surface area contributed by atoms with Gasteiger partial charge in [0, 0.05) is 44.3 Å². The maximum atomic E-state index is 12.3. The van der Waals surface area contributed by atoms with Gasteiger partial charge in [0.25, 0.3) is 5.91 Å². The van der Waals surface area contributed by atoms with E-state index >= 15 is 0 Å². The molecule has 2 aromatic rings. The average Bonchev–Trinajstić information content (AvgIpc) is 2.55. The Hall–Kier alpha value is -2.43. The quantitative estimate of drug-likeness (QED) is 0.842. The zero-order valence-corrected chi connectivity index (χ0v) is 12.1. The van der Waals surface area contributed by atoms with Crippen LogP contribution in [0.15, 0.2) is 42.9 Å². The molecule has 0 radical (unpaired) electrons. The van der Waals surface area contributed by atoms with Crippen molar-refractivity contribution in [2.45, 2.75) is 6.92 Å². The van der Waals surface area contributed by atoms with Gasteiger partial charge < -0.3 is 9.80 Å². The van der Waals surface area contributed by atoms with Gasteiger partial charge in [0.05, 0.1) is 6.20 Å². The van der Waals surface area contributed by atoms with Gasteiger partial charge in [-0.15, -0.1) is 0 Å². The van der Waals surface area contributed by atoms with Crippen LogP contribution in [-0.4, -0.2) is 47.0 Å². The van der Waals surface area contributed by atoms with Crippen LogP contribution in [0.3, 0.4) is 0 Å². The predicted octanol–water partition coefficient (Wildman–Crippen LogP) is 1.75. The molecule has 0 N–H and O–H groups in total. The fraction of sp³-hybridized carbons (Fsp3) is 0.312. The first-order valence-corrected chi connectivity index (χ1v) is 7.11. The summed E-state index contributed by atoms with van der Waals surface area (Å²) in [4.78, 5) is 24.5. The van der Waals surface area contributed by atoms with Crippen LogP contribution >= 0.6 is 0 Å². The molecular formula is C16H18N4O. The molecule has 0 atom stereocenters. The zero-order valence-electron chi connectivity index (χ0n) is 12.1. The number of aryl methyl sites for hydroxylation is 1. The molecule has 21 heavy (non-hydrogen) atoms. The summed E-state index contributed by atoms with van der Waals surface area (Å²) in [6, 6.07) is 8.46. The topological polar surface area (TPSA) is 49.3 Å². The number of hydrogen-bond acceptors (Lipinski definition) is 4. The van der Waals surface area contributed by atoms with Crippen LogP contribution < -0.4 is 4.90 Å². The Morgan fingerprint density at radius 2 is 1.95 bits per heavy atom. The summed E-state index contributed by atoms with van der Waals surface area (Å²) >= 11 is 0. The van der Waals surface area contributed by atoms with Gasteiger partial charge in [0.1, 0.15) is 5.69 Å². The van der Waals surface area contributed by atoms with E-state index in [1.165, 1.54) is 17.4 Å². The van der Waals surface area contributed by atoms with Crippen molar-refractivity contribution in [3.63, 3.8) is 0 Å². The van der Waals surface area contributed by atoms with Crippen molar-refractivity contribution in [2.24, 2.45) is 0 Å². The number of anilines is 1. The van der Waals surface area contributed by atoms with Gasteiger partial charge in [-0.3, -0.25) is 9.78 Å². The van der Waals surface area contributed by atoms with Crippen molar-refractivity contribution in [3.05, 3.63) is 54.1 Å². The van der Waals surface area contributed by atoms with E-state index in [0.717, 1.165) is 13.1 Å². The smallest absolute Gasteiger partial charge is 0.274 e. The van der Waals surface area contributed by atoms with Gasteiger partial charge in [-0.25, -0.2) is 4.98 Å². The zero-order chi connectivity index (χ0) is 14.7. The first kappa shape index (κ1) is 13.5. The van der Waals surface area contributed by atoms with Gasteiger partial charge in [0.15, 0.2) is 0 Å². The Morgan fingerprint density at radius 1 is 1.14 bits per heavy atom. The standard InChI is InChI=1S/C16H18N4O/c1-13-3-2-4-14(11-13)19-7-9-20(10-8-19)16(21)15-12-17-5-6-18-15/h2-6,11-12H,7-10H2,1H3. The van der Waals surface area contributed by atoms with Crippen LogP contribution in [0.1, 0.15) is 16.1 Å². The number of aromatic nitrogens is 2. The molecule has 0 bridgehead atoms. The Bertz CT molecular complexity index is 621. The molecule has 0 spiro atoms. The SMILES string of the molecule is Cc1cccc(N2CCN(C(=O)c3cnccn3)CC2)c1. The summed E-state index contributed by atoms with van der Waals surface area (Å²) in [6.45, 7) is 5.20. The predicted molar refractivity (Wildman–Crippen MR) is 81.3 cm³/mol. The number of carbonyl (C=O) groups is 1. The number of benzene rings is 1. The van der Waals surface area contributed by atoms with Crippen LogP contribution in [-0.2, 0) is 0 Å². The number of piperazine rings is 1. The molecule has 0 aliphatic carbocycles. The molecular weight excluding hydrogens is 264 g/mol. The largest absolute Gasteiger partial charge is 0.368 e. The second kappa shape index (κ2) is 5.91. The second-order valence-electron chi connectivity index (χ2n) is 5.21. The maximum absolute atomic E-state index is 12.3. The molecule has 5 nitrogen and oxygen atoms in total. The van der Waals surface area contributed by atoms with Crippen molar-refractivity contribution in [3.8, 4) is 0 Å². The van der Waals surface area contributed by atoms with E-state index in [1.807, 2.05) is 4.90 Å². The molecule has 1 saturated heterocycles. The summed E-state index contributed by atoms with van der Waals surface area (Å²) in [5.41, 5.74) is 2.90. The molecule has 1 amide bonds. The highest BCUT2D eigenvalue weighted by molar-refractivity contribution is 5.92. The summed E-state index contributed by atoms with van der Waals surface area (Å²) < 4.78 is 0. The molecule has 1 aromatic carbocycles. The first-order chi connectivity index (χ1) is 10.2. The number of hydrogen-bond donors (Lipinski definition) is 0. The molecule has 1 aliphatic heterocycles. The molecule has 1 aromatic heterocycles. The lowest BCUT2D eigenvalue weighted by molar-refractivity contribution is 0.0740. The minimum atomic E-state index is -0.0352. The Morgan fingerprint density at radius 3 is 2.62 bits per heavy atom. The van der Waals surface area contributed by atoms with Crippen molar-refractivity contribution in [2.75, 3.05) is 31.1 Å². The number of nitrogens with zero attached hydrogens (tertiary/aromatic N) is 4. The van der Waals surface area contributed by atoms with E-state index in [1.54, 1.807) is 12.4 Å². The highest BCUT2D eigenvalue weighted by Gasteiger charge is 2.23. The van der Waals surface area contributed by atoms with E-state index in [9.17, 15) is 4.79 Å². The fourth-order valence-corrected chi connectivity index (χ4v) is 2.56. The summed E-state index contributed by atoms with van der Waals surface area (Å²) in [5.74, 6) is -0.0352. The molecule has 2 heterocycles. The highest BCUT2D eigenvalue weighted by Crippen LogP contribution is 2.18. The third kappa shape index (κ3) is 3.02. The van der Waals surface area contributed by atoms with Gasteiger partial charge in [0.2, 0.25) is 0 Å². The first-order valence-electron chi connectivity index (χ1n) is 7.11. The van der Waals surface area contributed by atoms with Crippen molar-refractivity contribution in [1.82, 2.24) is 14.9 Å². The van der Waals surface area contributed by atoms with Gasteiger partial charge in [-0.1, -0.05) is 12.1 Å². The molecule has 5 heteroatoms. The lowest BCUT2D eigenvalue weighted by atomic mass is 10.2. The van der Waals surface area contributed by atoms with E-state index in [2.05, 4.69) is 46.1 Å². The van der Waals surface area contributed by atoms with E-state index in [4.69, 9.17) is 0 Å². The molecule has 1 aliphatic rings. The van der Waals surface area contributed by atoms with E-state index in [0.29, 0.717) is 18.8 Å². The van der Waals surface area contributed by atoms with Crippen LogP contribution in [0.2, 0.25) is 0 Å². The molecule has 0 unspecified atom stereocenters. The number of carbonyl (C=O) groups excluding carboxylic acids is 1. The minimum absolute atomic E-state index is 0.0352. The van der Waals surface area contributed by atoms with Crippen LogP contribution in [0.25, 0.3) is 0 Å². The monoisotopic (exact) mass is 282 g/mol. The average molecular weight is 282 g/mol. The number of amides is 1. The van der Waals surface area contributed by atoms with Crippen LogP contribution in [0.4, 0.5) is 5.69 Å². The third-order valence-corrected chi connectivity index (χ3v) is 3.72. The molecule has 0 saturated carbocycles. The summed E-state index contributed by atoms with van der Waals surface area (Å²) in [7, 11) is 0. The Balaban J connectivity index is 1.64. The summed E-state index contributed by atoms with van der Waals surface area (Å²) in [5, 5.41) is 0. The molecule has 1 fully saturated rings. The van der Waals surface area contributed by atoms with Crippen LogP contribution in [0, 0.1) is 6.92 Å². The molecule has 3 rings (SSSR count). The minimum Gasteiger partial charge on any atom is -0.368 e. The molecule has 108 valence electrons. The normalized spacial score (nSPS) is 15.1. The maximum Gasteiger partial charge on any atom is 0.274 e. The van der Waals surface area contributed by atoms with Crippen molar-refractivity contribution in [1.29, 1.82) is 0 Å². The van der Waals surface area contributed by atoms with E-state index in [-0.39, 0.29) is 5.91 Å². The summed E-state index contributed by atoms with van der Waals surface area (Å²) in [6.07, 6.45) is 4.65. The second-order valence-corrected chi connectivity index (χ2v) is 5.21. The van der Waals surface area contributed by atoms with Gasteiger partial charge in [-0.05, 0) is 24.6 Å². The van der Waals surface area contributed by atoms with Crippen molar-refractivity contribution >= 4 is 11.6 Å². The highest BCUT2D eigenvalue weighted by atomic mass is 16.2. The Kier molecular flexibility index (Phi) is 3.81. The van der Waals surface area contributed by atoms with Gasteiger partial charge >= 0.3 is 0 Å². The van der Waals surface area contributed by atoms with E-state index < -0.39 is 0 Å². The van der Waals surface area contributed by atoms with Crippen molar-refractivity contribution < 1.29 is 4.79 Å². The Labute approximate surface area is 124 Å². The fourth-order valence-electron chi connectivity index (χ4n) is 2.56. The number of rotatable bonds is 2. The lowest BCUT2D eigenvalue weighted by Crippen LogP contribution is -2.49. The van der Waals surface area contributed by atoms with Gasteiger partial charge in [-0.2, -0.15) is 0 Å². The third-order valence-electron chi connectivity index (χ3n) is 3.72.